The van der Waals surface area contributed by atoms with E-state index in [0.29, 0.717) is 16.9 Å². The van der Waals surface area contributed by atoms with Crippen LogP contribution in [0, 0.1) is 0 Å². The van der Waals surface area contributed by atoms with Crippen molar-refractivity contribution < 1.29 is 28.9 Å². The van der Waals surface area contributed by atoms with Crippen molar-refractivity contribution in [1.82, 2.24) is 4.90 Å². The Kier molecular flexibility index (Phi) is 7.14. The molecule has 1 heterocycles. The molecule has 1 fully saturated rings. The summed E-state index contributed by atoms with van der Waals surface area (Å²) in [7, 11) is 1.47. The summed E-state index contributed by atoms with van der Waals surface area (Å²) in [6.07, 6.45) is 0.443. The number of ether oxygens (including phenoxy) is 3. The number of hydrogen-bond donors (Lipinski definition) is 1. The van der Waals surface area contributed by atoms with E-state index in [1.165, 1.54) is 18.1 Å². The highest BCUT2D eigenvalue weighted by molar-refractivity contribution is 6.42. The largest absolute Gasteiger partial charge is 0.467 e. The molecule has 1 aliphatic heterocycles. The lowest BCUT2D eigenvalue weighted by molar-refractivity contribution is -0.137. The van der Waals surface area contributed by atoms with Crippen LogP contribution in [0.4, 0.5) is 4.79 Å². The van der Waals surface area contributed by atoms with Gasteiger partial charge in [0.15, 0.2) is 6.79 Å². The Hall–Kier alpha value is -1.96. The molecule has 1 aromatic carbocycles. The Balaban J connectivity index is 2.43. The third-order valence-electron chi connectivity index (χ3n) is 3.82. The van der Waals surface area contributed by atoms with Crippen LogP contribution >= 0.6 is 23.2 Å². The monoisotopic (exact) mass is 403 g/mol. The Labute approximate surface area is 161 Å². The number of esters is 1. The smallest absolute Gasteiger partial charge is 0.408 e. The van der Waals surface area contributed by atoms with Gasteiger partial charge < -0.3 is 19.3 Å². The number of hydrogen-bond acceptors (Lipinski definition) is 5. The highest BCUT2D eigenvalue weighted by Gasteiger charge is 2.37. The average Bonchev–Trinajstić information content (AvgIpc) is 2.99. The maximum Gasteiger partial charge on any atom is 0.408 e. The van der Waals surface area contributed by atoms with Crippen molar-refractivity contribution in [1.29, 1.82) is 0 Å². The molecule has 2 rings (SSSR count). The number of methoxy groups -OCH3 is 1. The van der Waals surface area contributed by atoms with E-state index in [-0.39, 0.29) is 36.4 Å². The molecule has 1 amide bonds. The van der Waals surface area contributed by atoms with E-state index in [9.17, 15) is 14.7 Å². The average molecular weight is 404 g/mol. The molecule has 9 heteroatoms. The zero-order chi connectivity index (χ0) is 19.3. The fraction of sp³-hybridized carbons (Fsp3) is 0.412. The molecule has 7 nitrogen and oxygen atoms in total. The van der Waals surface area contributed by atoms with Crippen LogP contribution in [0.2, 0.25) is 10.0 Å². The second-order valence-corrected chi connectivity index (χ2v) is 6.29. The molecule has 0 aliphatic carbocycles. The predicted octanol–water partition coefficient (Wildman–Crippen LogP) is 3.89. The molecule has 1 aromatic rings. The van der Waals surface area contributed by atoms with Gasteiger partial charge in [-0.05, 0) is 31.1 Å². The standard InChI is InChI=1S/C17H19Cl2NO6/c1-3-25-14(21)7-10-6-12(20(8-10)17(22)23)15-13(26-9-24-2)5-4-11(18)16(15)19/h4-5,7,12H,3,6,8-9H2,1-2H3,(H,22,23)/b10-7-. The summed E-state index contributed by atoms with van der Waals surface area (Å²) in [6, 6.07) is 2.52. The van der Waals surface area contributed by atoms with Crippen LogP contribution in [0.5, 0.6) is 5.75 Å². The number of carbonyl (C=O) groups is 2. The molecule has 1 atom stereocenters. The zero-order valence-corrected chi connectivity index (χ0v) is 15.8. The van der Waals surface area contributed by atoms with Crippen LogP contribution in [0.1, 0.15) is 24.9 Å². The van der Waals surface area contributed by atoms with Gasteiger partial charge in [-0.3, -0.25) is 4.90 Å². The number of rotatable bonds is 6. The molecular formula is C17H19Cl2NO6. The number of carbonyl (C=O) groups excluding carboxylic acids is 1. The Bertz CT molecular complexity index is 721. The summed E-state index contributed by atoms with van der Waals surface area (Å²) in [5.74, 6) is -0.142. The van der Waals surface area contributed by atoms with Crippen LogP contribution in [0.25, 0.3) is 0 Å². The normalized spacial score (nSPS) is 18.2. The molecule has 0 radical (unpaired) electrons. The first-order valence-corrected chi connectivity index (χ1v) is 8.60. The molecule has 1 aliphatic rings. The maximum absolute atomic E-state index is 11.7. The number of likely N-dealkylation sites (tertiary alicyclic amines) is 1. The van der Waals surface area contributed by atoms with E-state index in [4.69, 9.17) is 37.4 Å². The van der Waals surface area contributed by atoms with Crippen molar-refractivity contribution in [3.8, 4) is 5.75 Å². The summed E-state index contributed by atoms with van der Waals surface area (Å²) in [5, 5.41) is 10.0. The fourth-order valence-corrected chi connectivity index (χ4v) is 3.22. The van der Waals surface area contributed by atoms with Crippen molar-refractivity contribution in [2.45, 2.75) is 19.4 Å². The van der Waals surface area contributed by atoms with Crippen LogP contribution in [-0.4, -0.2) is 49.1 Å². The maximum atomic E-state index is 11.7. The summed E-state index contributed by atoms with van der Waals surface area (Å²) >= 11 is 12.5. The third-order valence-corrected chi connectivity index (χ3v) is 4.64. The van der Waals surface area contributed by atoms with Crippen molar-refractivity contribution in [3.05, 3.63) is 39.4 Å². The topological polar surface area (TPSA) is 85.3 Å². The molecule has 26 heavy (non-hydrogen) atoms. The number of halogens is 2. The predicted molar refractivity (Wildman–Crippen MR) is 95.8 cm³/mol. The van der Waals surface area contributed by atoms with Crippen molar-refractivity contribution in [2.75, 3.05) is 27.1 Å². The minimum absolute atomic E-state index is 0.0315. The van der Waals surface area contributed by atoms with Crippen LogP contribution in [0.3, 0.4) is 0 Å². The molecule has 1 N–H and O–H groups in total. The third kappa shape index (κ3) is 4.60. The lowest BCUT2D eigenvalue weighted by Crippen LogP contribution is -2.29. The number of carboxylic acid groups (broad SMARTS) is 1. The Morgan fingerprint density at radius 1 is 1.38 bits per heavy atom. The van der Waals surface area contributed by atoms with Crippen LogP contribution in [0.15, 0.2) is 23.8 Å². The molecule has 1 saturated heterocycles. The first kappa shape index (κ1) is 20.4. The van der Waals surface area contributed by atoms with Crippen LogP contribution in [-0.2, 0) is 14.3 Å². The van der Waals surface area contributed by atoms with E-state index in [1.54, 1.807) is 19.1 Å². The van der Waals surface area contributed by atoms with E-state index in [2.05, 4.69) is 0 Å². The summed E-state index contributed by atoms with van der Waals surface area (Å²) in [4.78, 5) is 24.6. The molecule has 0 spiro atoms. The lowest BCUT2D eigenvalue weighted by atomic mass is 10.0. The Morgan fingerprint density at radius 3 is 2.73 bits per heavy atom. The summed E-state index contributed by atoms with van der Waals surface area (Å²) in [6.45, 7) is 1.97. The van der Waals surface area contributed by atoms with E-state index in [0.717, 1.165) is 0 Å². The van der Waals surface area contributed by atoms with Gasteiger partial charge in [0.25, 0.3) is 0 Å². The highest BCUT2D eigenvalue weighted by Crippen LogP contribution is 2.45. The zero-order valence-electron chi connectivity index (χ0n) is 14.3. The summed E-state index contributed by atoms with van der Waals surface area (Å²) < 4.78 is 15.3. The van der Waals surface area contributed by atoms with Crippen molar-refractivity contribution >= 4 is 35.3 Å². The van der Waals surface area contributed by atoms with E-state index in [1.807, 2.05) is 0 Å². The summed E-state index contributed by atoms with van der Waals surface area (Å²) in [5.41, 5.74) is 1.05. The van der Waals surface area contributed by atoms with Gasteiger partial charge in [0, 0.05) is 25.3 Å². The molecule has 1 unspecified atom stereocenters. The van der Waals surface area contributed by atoms with Gasteiger partial charge in [0.1, 0.15) is 5.75 Å². The second-order valence-electron chi connectivity index (χ2n) is 5.51. The van der Waals surface area contributed by atoms with Crippen LogP contribution < -0.4 is 4.74 Å². The van der Waals surface area contributed by atoms with Gasteiger partial charge in [-0.1, -0.05) is 23.2 Å². The molecule has 0 bridgehead atoms. The van der Waals surface area contributed by atoms with E-state index >= 15 is 0 Å². The van der Waals surface area contributed by atoms with Gasteiger partial charge in [0.05, 0.1) is 22.7 Å². The van der Waals surface area contributed by atoms with Gasteiger partial charge >= 0.3 is 12.1 Å². The minimum Gasteiger partial charge on any atom is -0.467 e. The first-order valence-electron chi connectivity index (χ1n) is 7.84. The quantitative estimate of drug-likeness (QED) is 0.440. The molecular weight excluding hydrogens is 385 g/mol. The van der Waals surface area contributed by atoms with Gasteiger partial charge in [-0.15, -0.1) is 0 Å². The highest BCUT2D eigenvalue weighted by atomic mass is 35.5. The Morgan fingerprint density at radius 2 is 2.12 bits per heavy atom. The SMILES string of the molecule is CCOC(=O)/C=C1/CC(c2c(OCOC)ccc(Cl)c2Cl)N(C(=O)O)C1. The second kappa shape index (κ2) is 9.12. The first-order chi connectivity index (χ1) is 12.4. The number of benzene rings is 1. The number of nitrogens with zero attached hydrogens (tertiary/aromatic N) is 1. The van der Waals surface area contributed by atoms with Crippen molar-refractivity contribution in [3.63, 3.8) is 0 Å². The minimum atomic E-state index is -1.14. The fourth-order valence-electron chi connectivity index (χ4n) is 2.77. The molecule has 0 aromatic heterocycles. The van der Waals surface area contributed by atoms with Gasteiger partial charge in [-0.25, -0.2) is 9.59 Å². The molecule has 142 valence electrons. The molecule has 0 saturated carbocycles. The van der Waals surface area contributed by atoms with Crippen molar-refractivity contribution in [2.24, 2.45) is 0 Å². The van der Waals surface area contributed by atoms with E-state index < -0.39 is 18.1 Å². The lowest BCUT2D eigenvalue weighted by Gasteiger charge is -2.24. The van der Waals surface area contributed by atoms with Gasteiger partial charge in [0.2, 0.25) is 0 Å². The van der Waals surface area contributed by atoms with Gasteiger partial charge in [-0.2, -0.15) is 0 Å². The number of amides is 1.